The molecule has 0 saturated carbocycles. The fraction of sp³-hybridized carbons (Fsp3) is 0.0952. The molecule has 0 bridgehead atoms. The molecule has 2 heterocycles. The summed E-state index contributed by atoms with van der Waals surface area (Å²) in [5.41, 5.74) is 10.8. The van der Waals surface area contributed by atoms with Gasteiger partial charge in [-0.25, -0.2) is 9.36 Å². The number of aliphatic hydroxyl groups excluding tert-OH is 1. The van der Waals surface area contributed by atoms with Gasteiger partial charge >= 0.3 is 0 Å². The Morgan fingerprint density at radius 1 is 0.423 bits per heavy atom. The highest BCUT2D eigenvalue weighted by Crippen LogP contribution is 2.32. The van der Waals surface area contributed by atoms with Crippen LogP contribution in [0.25, 0.3) is 45.0 Å². The van der Waals surface area contributed by atoms with Crippen molar-refractivity contribution in [3.63, 3.8) is 0 Å². The third kappa shape index (κ3) is 8.10. The molecule has 10 heteroatoms. The van der Waals surface area contributed by atoms with Gasteiger partial charge in [-0.2, -0.15) is 0 Å². The van der Waals surface area contributed by atoms with Crippen molar-refractivity contribution in [2.45, 2.75) is 25.0 Å². The molecule has 0 amide bonds. The summed E-state index contributed by atoms with van der Waals surface area (Å²) < 4.78 is 3.66. The molecule has 0 radical (unpaired) electrons. The van der Waals surface area contributed by atoms with E-state index in [1.807, 2.05) is 100 Å². The van der Waals surface area contributed by atoms with Crippen LogP contribution in [0.15, 0.2) is 158 Å². The Labute approximate surface area is 310 Å². The summed E-state index contributed by atoms with van der Waals surface area (Å²) in [6, 6.07) is 53.1. The Morgan fingerprint density at radius 3 is 1.21 bits per heavy atom. The van der Waals surface area contributed by atoms with E-state index >= 15 is 0 Å². The quantitative estimate of drug-likeness (QED) is 0.140. The third-order valence-corrected chi connectivity index (χ3v) is 9.26. The molecule has 52 heavy (non-hydrogen) atoms. The van der Waals surface area contributed by atoms with Crippen molar-refractivity contribution in [2.24, 2.45) is 0 Å². The van der Waals surface area contributed by atoms with Crippen molar-refractivity contribution in [3.8, 4) is 45.0 Å². The first-order chi connectivity index (χ1) is 25.7. The Morgan fingerprint density at radius 2 is 0.808 bits per heavy atom. The molecular weight excluding hydrogens is 712 g/mol. The van der Waals surface area contributed by atoms with Crippen LogP contribution in [0.2, 0.25) is 0 Å². The molecule has 0 spiro atoms. The fourth-order valence-corrected chi connectivity index (χ4v) is 6.32. The molecule has 9 nitrogen and oxygen atoms in total. The van der Waals surface area contributed by atoms with E-state index in [1.54, 1.807) is 0 Å². The number of hydrogen-bond donors (Lipinski definition) is 1. The zero-order valence-electron chi connectivity index (χ0n) is 28.2. The van der Waals surface area contributed by atoms with Crippen LogP contribution in [-0.4, -0.2) is 45.5 Å². The minimum absolute atomic E-state index is 0.0389. The predicted molar refractivity (Wildman–Crippen MR) is 207 cm³/mol. The van der Waals surface area contributed by atoms with Crippen molar-refractivity contribution in [1.82, 2.24) is 40.4 Å². The minimum atomic E-state index is 0.0389. The van der Waals surface area contributed by atoms with Gasteiger partial charge in [-0.3, -0.25) is 0 Å². The van der Waals surface area contributed by atoms with Crippen molar-refractivity contribution >= 4 is 15.9 Å². The zero-order chi connectivity index (χ0) is 35.5. The number of nitrogens with zero attached hydrogens (tertiary/aromatic N) is 8. The summed E-state index contributed by atoms with van der Waals surface area (Å²) in [6.45, 7) is 1.29. The maximum atomic E-state index is 9.25. The highest BCUT2D eigenvalue weighted by molar-refractivity contribution is 9.08. The van der Waals surface area contributed by atoms with Crippen LogP contribution in [0.5, 0.6) is 0 Å². The average molecular weight is 748 g/mol. The second-order valence-corrected chi connectivity index (χ2v) is 12.6. The number of halogens is 1. The number of rotatable bonds is 10. The van der Waals surface area contributed by atoms with Gasteiger partial charge in [-0.15, -0.1) is 10.2 Å². The van der Waals surface area contributed by atoms with E-state index in [-0.39, 0.29) is 6.61 Å². The van der Waals surface area contributed by atoms with E-state index in [0.29, 0.717) is 13.1 Å². The highest BCUT2D eigenvalue weighted by atomic mass is 79.9. The number of hydrogen-bond acceptors (Lipinski definition) is 7. The second kappa shape index (κ2) is 16.7. The lowest BCUT2D eigenvalue weighted by Crippen LogP contribution is -2.05. The van der Waals surface area contributed by atoms with Crippen LogP contribution in [0.4, 0.5) is 0 Å². The van der Waals surface area contributed by atoms with Crippen molar-refractivity contribution < 1.29 is 5.11 Å². The van der Waals surface area contributed by atoms with Gasteiger partial charge in [0.1, 0.15) is 0 Å². The normalized spacial score (nSPS) is 10.8. The largest absolute Gasteiger partial charge is 0.392 e. The van der Waals surface area contributed by atoms with Crippen LogP contribution in [0.1, 0.15) is 22.3 Å². The summed E-state index contributed by atoms with van der Waals surface area (Å²) in [7, 11) is 0. The maximum Gasteiger partial charge on any atom is 0.182 e. The molecule has 0 aliphatic heterocycles. The van der Waals surface area contributed by atoms with Gasteiger partial charge in [-0.1, -0.05) is 174 Å². The molecule has 6 aromatic carbocycles. The summed E-state index contributed by atoms with van der Waals surface area (Å²) in [4.78, 5) is 0. The first-order valence-electron chi connectivity index (χ1n) is 16.8. The van der Waals surface area contributed by atoms with E-state index < -0.39 is 0 Å². The average Bonchev–Trinajstić information content (AvgIpc) is 3.88. The van der Waals surface area contributed by atoms with E-state index in [1.165, 1.54) is 11.1 Å². The zero-order valence-corrected chi connectivity index (χ0v) is 29.8. The number of tetrazole rings is 2. The smallest absolute Gasteiger partial charge is 0.182 e. The van der Waals surface area contributed by atoms with Crippen LogP contribution < -0.4 is 0 Å². The summed E-state index contributed by atoms with van der Waals surface area (Å²) in [6.07, 6.45) is 0. The van der Waals surface area contributed by atoms with Crippen LogP contribution in [0, 0.1) is 0 Å². The lowest BCUT2D eigenvalue weighted by Gasteiger charge is -2.10. The lowest BCUT2D eigenvalue weighted by molar-refractivity contribution is 0.282. The van der Waals surface area contributed by atoms with E-state index in [0.717, 1.165) is 61.5 Å². The number of alkyl halides is 1. The summed E-state index contributed by atoms with van der Waals surface area (Å²) >= 11 is 3.50. The monoisotopic (exact) mass is 746 g/mol. The summed E-state index contributed by atoms with van der Waals surface area (Å²) in [5, 5.41) is 34.8. The Bertz CT molecular complexity index is 2160. The Hall–Kier alpha value is -6.10. The topological polar surface area (TPSA) is 107 Å². The summed E-state index contributed by atoms with van der Waals surface area (Å²) in [5.74, 6) is 1.50. The third-order valence-electron chi connectivity index (χ3n) is 8.62. The van der Waals surface area contributed by atoms with E-state index in [2.05, 4.69) is 114 Å². The predicted octanol–water partition coefficient (Wildman–Crippen LogP) is 8.50. The van der Waals surface area contributed by atoms with Gasteiger partial charge in [0.15, 0.2) is 11.6 Å². The van der Waals surface area contributed by atoms with Gasteiger partial charge < -0.3 is 5.11 Å². The van der Waals surface area contributed by atoms with Gasteiger partial charge in [0.2, 0.25) is 0 Å². The maximum absolute atomic E-state index is 9.25. The van der Waals surface area contributed by atoms with Gasteiger partial charge in [0, 0.05) is 16.5 Å². The van der Waals surface area contributed by atoms with Crippen LogP contribution >= 0.6 is 15.9 Å². The molecule has 0 aliphatic carbocycles. The fourth-order valence-electron chi connectivity index (χ4n) is 5.94. The second-order valence-electron chi connectivity index (χ2n) is 12.1. The van der Waals surface area contributed by atoms with E-state index in [9.17, 15) is 5.11 Å². The lowest BCUT2D eigenvalue weighted by atomic mass is 9.98. The molecule has 2 aromatic heterocycles. The van der Waals surface area contributed by atoms with Crippen molar-refractivity contribution in [3.05, 3.63) is 180 Å². The molecule has 0 atom stereocenters. The standard InChI is InChI=1S/C21H17BrN4.C21H18N4O/c22-14-16-10-12-18(13-11-16)19-8-4-5-9-20(19)21-23-24-25-26(21)15-17-6-2-1-3-7-17;26-15-17-10-12-18(13-11-17)19-8-4-5-9-20(19)21-22-23-24-25(21)14-16-6-2-1-3-7-16/h1-13H,14-15H2;1-13,26H,14-15H2. The first-order valence-corrected chi connectivity index (χ1v) is 18.0. The van der Waals surface area contributed by atoms with Gasteiger partial charge in [0.05, 0.1) is 19.7 Å². The molecule has 1 N–H and O–H groups in total. The Kier molecular flexibility index (Phi) is 11.1. The molecule has 8 rings (SSSR count). The molecule has 0 fully saturated rings. The molecule has 0 unspecified atom stereocenters. The van der Waals surface area contributed by atoms with Crippen molar-refractivity contribution in [1.29, 1.82) is 0 Å². The number of benzene rings is 6. The molecular formula is C42H35BrN8O. The first kappa shape index (κ1) is 34.4. The molecule has 8 aromatic rings. The van der Waals surface area contributed by atoms with E-state index in [4.69, 9.17) is 0 Å². The molecule has 0 aliphatic rings. The van der Waals surface area contributed by atoms with Crippen LogP contribution in [0.3, 0.4) is 0 Å². The van der Waals surface area contributed by atoms with Crippen LogP contribution in [-0.2, 0) is 25.0 Å². The molecule has 256 valence electrons. The number of aromatic nitrogens is 8. The van der Waals surface area contributed by atoms with Gasteiger partial charge in [0.25, 0.3) is 0 Å². The van der Waals surface area contributed by atoms with Gasteiger partial charge in [-0.05, 0) is 65.4 Å². The Balaban J connectivity index is 0.000000162. The van der Waals surface area contributed by atoms with Crippen molar-refractivity contribution in [2.75, 3.05) is 0 Å². The number of aliphatic hydroxyl groups is 1. The SMILES string of the molecule is BrCc1ccc(-c2ccccc2-c2nnnn2Cc2ccccc2)cc1.OCc1ccc(-c2ccccc2-c2nnnn2Cc2ccccc2)cc1. The molecule has 0 saturated heterocycles. The minimum Gasteiger partial charge on any atom is -0.392 e. The highest BCUT2D eigenvalue weighted by Gasteiger charge is 2.16.